The lowest BCUT2D eigenvalue weighted by Gasteiger charge is -2.13. The molecule has 1 atom stereocenters. The summed E-state index contributed by atoms with van der Waals surface area (Å²) in [5.41, 5.74) is 3.07. The maximum atomic E-state index is 12.5. The van der Waals surface area contributed by atoms with Crippen molar-refractivity contribution in [3.8, 4) is 0 Å². The fraction of sp³-hybridized carbons (Fsp3) is 0.389. The molecule has 2 aromatic rings. The minimum atomic E-state index is -2.96. The standard InChI is InChI=1S/C18H22N4O3S/c1-3-13-6-4-5-12(2)17(13)20-18(23)15-7-8-16(22-21-15)19-14-9-10-26(24,25)11-14/h4-8,14H,3,9-11H2,1-2H3,(H,19,22)(H,20,23). The van der Waals surface area contributed by atoms with Crippen LogP contribution in [-0.4, -0.2) is 42.1 Å². The molecule has 8 heteroatoms. The van der Waals surface area contributed by atoms with Gasteiger partial charge in [0.1, 0.15) is 5.82 Å². The molecule has 1 aliphatic heterocycles. The Morgan fingerprint density at radius 3 is 2.65 bits per heavy atom. The first kappa shape index (κ1) is 18.3. The average molecular weight is 374 g/mol. The van der Waals surface area contributed by atoms with Crippen molar-refractivity contribution in [1.82, 2.24) is 10.2 Å². The summed E-state index contributed by atoms with van der Waals surface area (Å²) in [6.07, 6.45) is 1.37. The monoisotopic (exact) mass is 374 g/mol. The summed E-state index contributed by atoms with van der Waals surface area (Å²) < 4.78 is 23.0. The molecule has 138 valence electrons. The molecule has 3 rings (SSSR count). The molecule has 2 N–H and O–H groups in total. The second-order valence-corrected chi connectivity index (χ2v) is 8.69. The second-order valence-electron chi connectivity index (χ2n) is 6.46. The molecule has 26 heavy (non-hydrogen) atoms. The molecule has 0 spiro atoms. The van der Waals surface area contributed by atoms with Crippen LogP contribution in [0.2, 0.25) is 0 Å². The minimum Gasteiger partial charge on any atom is -0.365 e. The predicted octanol–water partition coefficient (Wildman–Crippen LogP) is 2.20. The van der Waals surface area contributed by atoms with Gasteiger partial charge in [-0.3, -0.25) is 4.79 Å². The highest BCUT2D eigenvalue weighted by Gasteiger charge is 2.28. The van der Waals surface area contributed by atoms with Gasteiger partial charge in [-0.1, -0.05) is 25.1 Å². The smallest absolute Gasteiger partial charge is 0.276 e. The number of hydrogen-bond acceptors (Lipinski definition) is 6. The maximum absolute atomic E-state index is 12.5. The van der Waals surface area contributed by atoms with Crippen LogP contribution in [-0.2, 0) is 16.3 Å². The van der Waals surface area contributed by atoms with Gasteiger partial charge in [-0.2, -0.15) is 0 Å². The van der Waals surface area contributed by atoms with Gasteiger partial charge < -0.3 is 10.6 Å². The lowest BCUT2D eigenvalue weighted by atomic mass is 10.1. The van der Waals surface area contributed by atoms with E-state index in [1.807, 2.05) is 32.0 Å². The van der Waals surface area contributed by atoms with Crippen LogP contribution in [0.1, 0.15) is 35.0 Å². The molecule has 0 saturated carbocycles. The Bertz CT molecular complexity index is 911. The van der Waals surface area contributed by atoms with Crippen molar-refractivity contribution >= 4 is 27.2 Å². The van der Waals surface area contributed by atoms with Gasteiger partial charge in [0.25, 0.3) is 5.91 Å². The van der Waals surface area contributed by atoms with Gasteiger partial charge in [0.05, 0.1) is 11.5 Å². The summed E-state index contributed by atoms with van der Waals surface area (Å²) in [5, 5.41) is 13.9. The van der Waals surface area contributed by atoms with E-state index in [0.717, 1.165) is 23.2 Å². The van der Waals surface area contributed by atoms with E-state index in [1.165, 1.54) is 0 Å². The molecule has 0 radical (unpaired) electrons. The molecule has 1 fully saturated rings. The molecule has 7 nitrogen and oxygen atoms in total. The van der Waals surface area contributed by atoms with Crippen molar-refractivity contribution in [2.45, 2.75) is 32.7 Å². The summed E-state index contributed by atoms with van der Waals surface area (Å²) in [7, 11) is -2.96. The van der Waals surface area contributed by atoms with Crippen LogP contribution in [0.25, 0.3) is 0 Å². The Morgan fingerprint density at radius 2 is 2.04 bits per heavy atom. The zero-order chi connectivity index (χ0) is 18.7. The minimum absolute atomic E-state index is 0.101. The number of rotatable bonds is 5. The SMILES string of the molecule is CCc1cccc(C)c1NC(=O)c1ccc(NC2CCS(=O)(=O)C2)nn1. The Kier molecular flexibility index (Phi) is 5.22. The molecular formula is C18H22N4O3S. The van der Waals surface area contributed by atoms with E-state index in [9.17, 15) is 13.2 Å². The van der Waals surface area contributed by atoms with Crippen molar-refractivity contribution in [3.63, 3.8) is 0 Å². The number of carbonyl (C=O) groups excluding carboxylic acids is 1. The van der Waals surface area contributed by atoms with Gasteiger partial charge in [0.2, 0.25) is 0 Å². The topological polar surface area (TPSA) is 101 Å². The maximum Gasteiger partial charge on any atom is 0.276 e. The molecule has 1 amide bonds. The van der Waals surface area contributed by atoms with Crippen LogP contribution in [0, 0.1) is 6.92 Å². The van der Waals surface area contributed by atoms with Crippen LogP contribution in [0.3, 0.4) is 0 Å². The van der Waals surface area contributed by atoms with E-state index in [4.69, 9.17) is 0 Å². The molecule has 1 saturated heterocycles. The highest BCUT2D eigenvalue weighted by atomic mass is 32.2. The number of hydrogen-bond donors (Lipinski definition) is 2. The Morgan fingerprint density at radius 1 is 1.23 bits per heavy atom. The first-order valence-electron chi connectivity index (χ1n) is 8.58. The van der Waals surface area contributed by atoms with Crippen molar-refractivity contribution in [2.75, 3.05) is 22.1 Å². The molecular weight excluding hydrogens is 352 g/mol. The molecule has 1 aromatic heterocycles. The largest absolute Gasteiger partial charge is 0.365 e. The third kappa shape index (κ3) is 4.19. The van der Waals surface area contributed by atoms with Crippen LogP contribution in [0.5, 0.6) is 0 Å². The summed E-state index contributed by atoms with van der Waals surface area (Å²) in [5.74, 6) is 0.434. The second kappa shape index (κ2) is 7.41. The van der Waals surface area contributed by atoms with Crippen LogP contribution >= 0.6 is 0 Å². The average Bonchev–Trinajstić information content (AvgIpc) is 2.95. The van der Waals surface area contributed by atoms with Gasteiger partial charge in [0.15, 0.2) is 15.5 Å². The number of sulfone groups is 1. The van der Waals surface area contributed by atoms with Crippen LogP contribution in [0.4, 0.5) is 11.5 Å². The Balaban J connectivity index is 1.68. The molecule has 0 aliphatic carbocycles. The number of anilines is 2. The zero-order valence-electron chi connectivity index (χ0n) is 14.8. The van der Waals surface area contributed by atoms with Gasteiger partial charge >= 0.3 is 0 Å². The summed E-state index contributed by atoms with van der Waals surface area (Å²) in [6.45, 7) is 3.98. The number of amides is 1. The third-order valence-electron chi connectivity index (χ3n) is 4.46. The van der Waals surface area contributed by atoms with Crippen LogP contribution < -0.4 is 10.6 Å². The van der Waals surface area contributed by atoms with Gasteiger partial charge in [-0.15, -0.1) is 10.2 Å². The highest BCUT2D eigenvalue weighted by molar-refractivity contribution is 7.91. The quantitative estimate of drug-likeness (QED) is 0.832. The fourth-order valence-electron chi connectivity index (χ4n) is 3.03. The summed E-state index contributed by atoms with van der Waals surface area (Å²) in [4.78, 5) is 12.5. The van der Waals surface area contributed by atoms with E-state index in [2.05, 4.69) is 20.8 Å². The number of carbonyl (C=O) groups is 1. The zero-order valence-corrected chi connectivity index (χ0v) is 15.6. The summed E-state index contributed by atoms with van der Waals surface area (Å²) >= 11 is 0. The van der Waals surface area contributed by atoms with Crippen molar-refractivity contribution in [3.05, 3.63) is 47.2 Å². The lowest BCUT2D eigenvalue weighted by Crippen LogP contribution is -2.22. The number of aromatic nitrogens is 2. The summed E-state index contributed by atoms with van der Waals surface area (Å²) in [6, 6.07) is 8.96. The Labute approximate surface area is 153 Å². The van der Waals surface area contributed by atoms with E-state index in [-0.39, 0.29) is 29.1 Å². The first-order chi connectivity index (χ1) is 12.4. The molecule has 1 unspecified atom stereocenters. The molecule has 2 heterocycles. The highest BCUT2D eigenvalue weighted by Crippen LogP contribution is 2.22. The normalized spacial score (nSPS) is 18.5. The number of nitrogens with one attached hydrogen (secondary N) is 2. The van der Waals surface area contributed by atoms with Crippen molar-refractivity contribution < 1.29 is 13.2 Å². The van der Waals surface area contributed by atoms with E-state index in [1.54, 1.807) is 12.1 Å². The van der Waals surface area contributed by atoms with E-state index < -0.39 is 9.84 Å². The molecule has 0 bridgehead atoms. The third-order valence-corrected chi connectivity index (χ3v) is 6.23. The fourth-order valence-corrected chi connectivity index (χ4v) is 4.70. The lowest BCUT2D eigenvalue weighted by molar-refractivity contribution is 0.102. The van der Waals surface area contributed by atoms with Gasteiger partial charge in [0, 0.05) is 11.7 Å². The number of nitrogens with zero attached hydrogens (tertiary/aromatic N) is 2. The molecule has 1 aliphatic rings. The van der Waals surface area contributed by atoms with E-state index in [0.29, 0.717) is 12.2 Å². The number of aryl methyl sites for hydroxylation is 2. The van der Waals surface area contributed by atoms with Gasteiger partial charge in [-0.05, 0) is 43.0 Å². The predicted molar refractivity (Wildman–Crippen MR) is 101 cm³/mol. The number of para-hydroxylation sites is 1. The van der Waals surface area contributed by atoms with Crippen molar-refractivity contribution in [1.29, 1.82) is 0 Å². The number of benzene rings is 1. The van der Waals surface area contributed by atoms with Crippen molar-refractivity contribution in [2.24, 2.45) is 0 Å². The first-order valence-corrected chi connectivity index (χ1v) is 10.4. The van der Waals surface area contributed by atoms with Crippen LogP contribution in [0.15, 0.2) is 30.3 Å². The van der Waals surface area contributed by atoms with E-state index >= 15 is 0 Å². The van der Waals surface area contributed by atoms with Gasteiger partial charge in [-0.25, -0.2) is 8.42 Å². The molecule has 1 aromatic carbocycles. The Hall–Kier alpha value is -2.48.